The Labute approximate surface area is 131 Å². The third-order valence-corrected chi connectivity index (χ3v) is 3.90. The van der Waals surface area contributed by atoms with Crippen molar-refractivity contribution in [3.8, 4) is 5.75 Å². The van der Waals surface area contributed by atoms with Crippen molar-refractivity contribution in [3.63, 3.8) is 0 Å². The predicted molar refractivity (Wildman–Crippen MR) is 88.1 cm³/mol. The number of carboxylic acid groups (broad SMARTS) is 1. The molecule has 0 radical (unpaired) electrons. The molecule has 0 atom stereocenters. The van der Waals surface area contributed by atoms with E-state index >= 15 is 0 Å². The van der Waals surface area contributed by atoms with Crippen LogP contribution < -0.4 is 4.74 Å². The lowest BCUT2D eigenvalue weighted by Crippen LogP contribution is -2.00. The van der Waals surface area contributed by atoms with E-state index in [9.17, 15) is 9.90 Å². The maximum absolute atomic E-state index is 11.6. The fraction of sp³-hybridized carbons (Fsp3) is 0.0556. The lowest BCUT2D eigenvalue weighted by Gasteiger charge is -2.10. The number of benzene rings is 3. The van der Waals surface area contributed by atoms with Crippen LogP contribution in [0.15, 0.2) is 48.5 Å². The van der Waals surface area contributed by atoms with Crippen LogP contribution in [0, 0.1) is 0 Å². The number of hydrogen-bond acceptors (Lipinski definition) is 4. The number of nitrogens with zero attached hydrogens (tertiary/aromatic N) is 2. The molecule has 1 N–H and O–H groups in total. The molecule has 0 spiro atoms. The molecule has 4 rings (SSSR count). The van der Waals surface area contributed by atoms with Gasteiger partial charge < -0.3 is 9.84 Å². The highest BCUT2D eigenvalue weighted by Crippen LogP contribution is 2.33. The van der Waals surface area contributed by atoms with Crippen LogP contribution >= 0.6 is 0 Å². The molecule has 4 aromatic rings. The summed E-state index contributed by atoms with van der Waals surface area (Å²) < 4.78 is 5.36. The van der Waals surface area contributed by atoms with Gasteiger partial charge in [-0.15, -0.1) is 0 Å². The van der Waals surface area contributed by atoms with Crippen LogP contribution in [-0.2, 0) is 0 Å². The van der Waals surface area contributed by atoms with E-state index in [1.54, 1.807) is 19.2 Å². The lowest BCUT2D eigenvalue weighted by molar-refractivity contribution is 0.0699. The van der Waals surface area contributed by atoms with Gasteiger partial charge in [0.1, 0.15) is 5.75 Å². The van der Waals surface area contributed by atoms with Crippen molar-refractivity contribution in [2.75, 3.05) is 7.11 Å². The topological polar surface area (TPSA) is 72.3 Å². The molecule has 1 aromatic heterocycles. The highest BCUT2D eigenvalue weighted by molar-refractivity contribution is 6.16. The van der Waals surface area contributed by atoms with Gasteiger partial charge in [-0.25, -0.2) is 14.8 Å². The van der Waals surface area contributed by atoms with Gasteiger partial charge in [-0.05, 0) is 36.4 Å². The van der Waals surface area contributed by atoms with Crippen molar-refractivity contribution >= 4 is 38.8 Å². The number of ether oxygens (including phenoxy) is 1. The van der Waals surface area contributed by atoms with Crippen molar-refractivity contribution in [3.05, 3.63) is 54.1 Å². The Morgan fingerprint density at radius 1 is 0.957 bits per heavy atom. The summed E-state index contributed by atoms with van der Waals surface area (Å²) in [6.07, 6.45) is 0. The maximum Gasteiger partial charge on any atom is 0.336 e. The first-order valence-corrected chi connectivity index (χ1v) is 7.08. The van der Waals surface area contributed by atoms with E-state index in [1.165, 1.54) is 0 Å². The summed E-state index contributed by atoms with van der Waals surface area (Å²) in [7, 11) is 1.56. The van der Waals surface area contributed by atoms with Crippen molar-refractivity contribution in [1.82, 2.24) is 9.97 Å². The molecule has 0 saturated heterocycles. The van der Waals surface area contributed by atoms with Gasteiger partial charge in [0.15, 0.2) is 0 Å². The van der Waals surface area contributed by atoms with Gasteiger partial charge >= 0.3 is 5.97 Å². The Morgan fingerprint density at radius 3 is 2.39 bits per heavy atom. The molecular weight excluding hydrogens is 292 g/mol. The summed E-state index contributed by atoms with van der Waals surface area (Å²) in [5, 5.41) is 10.8. The second kappa shape index (κ2) is 4.91. The van der Waals surface area contributed by atoms with Crippen LogP contribution in [-0.4, -0.2) is 28.2 Å². The molecule has 5 heteroatoms. The molecular formula is C18H12N2O3. The first kappa shape index (κ1) is 13.5. The molecule has 23 heavy (non-hydrogen) atoms. The predicted octanol–water partition coefficient (Wildman–Crippen LogP) is 3.64. The summed E-state index contributed by atoms with van der Waals surface area (Å²) in [5.41, 5.74) is 2.92. The van der Waals surface area contributed by atoms with Crippen molar-refractivity contribution in [1.29, 1.82) is 0 Å². The normalized spacial score (nSPS) is 11.2. The molecule has 112 valence electrons. The Balaban J connectivity index is 2.26. The number of fused-ring (bicyclic) bond motifs is 4. The number of aromatic nitrogens is 2. The summed E-state index contributed by atoms with van der Waals surface area (Å²) >= 11 is 0. The molecule has 0 aliphatic carbocycles. The first-order valence-electron chi connectivity index (χ1n) is 7.08. The minimum Gasteiger partial charge on any atom is -0.496 e. The average Bonchev–Trinajstić information content (AvgIpc) is 2.58. The van der Waals surface area contributed by atoms with Gasteiger partial charge in [-0.2, -0.15) is 0 Å². The lowest BCUT2D eigenvalue weighted by atomic mass is 10.0. The van der Waals surface area contributed by atoms with Crippen LogP contribution in [0.4, 0.5) is 0 Å². The molecule has 0 unspecified atom stereocenters. The Kier molecular flexibility index (Phi) is 2.87. The molecule has 0 amide bonds. The summed E-state index contributed by atoms with van der Waals surface area (Å²) in [5.74, 6) is -0.387. The van der Waals surface area contributed by atoms with Crippen molar-refractivity contribution in [2.24, 2.45) is 0 Å². The van der Waals surface area contributed by atoms with E-state index in [0.717, 1.165) is 11.0 Å². The fourth-order valence-corrected chi connectivity index (χ4v) is 2.85. The first-order chi connectivity index (χ1) is 11.2. The second-order valence-corrected chi connectivity index (χ2v) is 5.19. The largest absolute Gasteiger partial charge is 0.496 e. The zero-order chi connectivity index (χ0) is 16.0. The second-order valence-electron chi connectivity index (χ2n) is 5.19. The van der Waals surface area contributed by atoms with Gasteiger partial charge in [-0.1, -0.05) is 12.1 Å². The number of rotatable bonds is 2. The molecule has 1 heterocycles. The van der Waals surface area contributed by atoms with Gasteiger partial charge in [0.2, 0.25) is 0 Å². The van der Waals surface area contributed by atoms with E-state index in [2.05, 4.69) is 9.97 Å². The quantitative estimate of drug-likeness (QED) is 0.452. The standard InChI is InChI=1S/C18H12N2O3/c1-23-15-9-7-11(18(21)22)16-10(15)6-8-14-17(16)20-13-5-3-2-4-12(13)19-14/h2-9H,1H3,(H,21,22). The maximum atomic E-state index is 11.6. The zero-order valence-electron chi connectivity index (χ0n) is 12.3. The fourth-order valence-electron chi connectivity index (χ4n) is 2.85. The van der Waals surface area contributed by atoms with Crippen LogP contribution in [0.25, 0.3) is 32.8 Å². The number of aromatic carboxylic acids is 1. The number of methoxy groups -OCH3 is 1. The third-order valence-electron chi connectivity index (χ3n) is 3.90. The average molecular weight is 304 g/mol. The number of carboxylic acids is 1. The highest BCUT2D eigenvalue weighted by atomic mass is 16.5. The minimum absolute atomic E-state index is 0.191. The molecule has 0 bridgehead atoms. The molecule has 0 saturated carbocycles. The highest BCUT2D eigenvalue weighted by Gasteiger charge is 2.16. The van der Waals surface area contributed by atoms with Gasteiger partial charge in [0.25, 0.3) is 0 Å². The molecule has 0 aliphatic heterocycles. The molecule has 5 nitrogen and oxygen atoms in total. The number of carbonyl (C=O) groups is 1. The smallest absolute Gasteiger partial charge is 0.336 e. The van der Waals surface area contributed by atoms with Gasteiger partial charge in [0, 0.05) is 10.8 Å². The van der Waals surface area contributed by atoms with Crippen molar-refractivity contribution < 1.29 is 14.6 Å². The third kappa shape index (κ3) is 1.97. The van der Waals surface area contributed by atoms with E-state index in [1.807, 2.05) is 36.4 Å². The van der Waals surface area contributed by atoms with E-state index in [0.29, 0.717) is 27.6 Å². The molecule has 0 fully saturated rings. The minimum atomic E-state index is -1.000. The molecule has 3 aromatic carbocycles. The SMILES string of the molecule is COc1ccc(C(=O)O)c2c1ccc1nc3ccccc3nc12. The number of para-hydroxylation sites is 2. The zero-order valence-corrected chi connectivity index (χ0v) is 12.3. The van der Waals surface area contributed by atoms with E-state index in [4.69, 9.17) is 4.74 Å². The Morgan fingerprint density at radius 2 is 1.70 bits per heavy atom. The van der Waals surface area contributed by atoms with Crippen molar-refractivity contribution in [2.45, 2.75) is 0 Å². The van der Waals surface area contributed by atoms with Gasteiger partial charge in [0.05, 0.1) is 34.7 Å². The summed E-state index contributed by atoms with van der Waals surface area (Å²) in [6, 6.07) is 14.4. The molecule has 0 aliphatic rings. The Hall–Kier alpha value is -3.21. The van der Waals surface area contributed by atoms with E-state index in [-0.39, 0.29) is 5.56 Å². The van der Waals surface area contributed by atoms with Crippen LogP contribution in [0.5, 0.6) is 5.75 Å². The monoisotopic (exact) mass is 304 g/mol. The van der Waals surface area contributed by atoms with E-state index < -0.39 is 5.97 Å². The van der Waals surface area contributed by atoms with Crippen LogP contribution in [0.2, 0.25) is 0 Å². The van der Waals surface area contributed by atoms with Crippen LogP contribution in [0.3, 0.4) is 0 Å². The number of hydrogen-bond donors (Lipinski definition) is 1. The summed E-state index contributed by atoms with van der Waals surface area (Å²) in [4.78, 5) is 20.9. The Bertz CT molecular complexity index is 1090. The van der Waals surface area contributed by atoms with Crippen LogP contribution in [0.1, 0.15) is 10.4 Å². The van der Waals surface area contributed by atoms with Gasteiger partial charge in [-0.3, -0.25) is 0 Å². The summed E-state index contributed by atoms with van der Waals surface area (Å²) in [6.45, 7) is 0.